The molecule has 1 heterocycles. The molecule has 1 aromatic carbocycles. The summed E-state index contributed by atoms with van der Waals surface area (Å²) in [5, 5.41) is 0. The van der Waals surface area contributed by atoms with Gasteiger partial charge in [0.1, 0.15) is 5.75 Å². The van der Waals surface area contributed by atoms with E-state index in [2.05, 4.69) is 4.72 Å². The summed E-state index contributed by atoms with van der Waals surface area (Å²) in [6, 6.07) is 7.32. The van der Waals surface area contributed by atoms with Crippen molar-refractivity contribution in [2.24, 2.45) is 0 Å². The molecule has 1 fully saturated rings. The first-order valence-electron chi connectivity index (χ1n) is 7.48. The molecule has 1 aliphatic rings. The van der Waals surface area contributed by atoms with Crippen LogP contribution in [0.2, 0.25) is 0 Å². The van der Waals surface area contributed by atoms with Crippen LogP contribution in [0.4, 0.5) is 0 Å². The third kappa shape index (κ3) is 4.18. The molecule has 2 rings (SSSR count). The summed E-state index contributed by atoms with van der Waals surface area (Å²) >= 11 is 0. The second-order valence-electron chi connectivity index (χ2n) is 5.32. The molecule has 1 aliphatic heterocycles. The smallest absolute Gasteiger partial charge is 0.280 e. The highest BCUT2D eigenvalue weighted by Gasteiger charge is 2.26. The maximum absolute atomic E-state index is 12.4. The second kappa shape index (κ2) is 7.24. The zero-order chi connectivity index (χ0) is 15.3. The maximum atomic E-state index is 12.4. The number of hydrogen-bond acceptors (Lipinski definition) is 3. The highest BCUT2D eigenvalue weighted by Crippen LogP contribution is 2.22. The van der Waals surface area contributed by atoms with Gasteiger partial charge in [0.05, 0.1) is 7.11 Å². The lowest BCUT2D eigenvalue weighted by molar-refractivity contribution is 0.338. The Labute approximate surface area is 127 Å². The minimum atomic E-state index is -3.41. The Balaban J connectivity index is 2.09. The molecule has 1 aromatic rings. The van der Waals surface area contributed by atoms with Gasteiger partial charge in [-0.1, -0.05) is 25.5 Å². The van der Waals surface area contributed by atoms with Crippen LogP contribution in [0.3, 0.4) is 0 Å². The molecule has 0 amide bonds. The van der Waals surface area contributed by atoms with Crippen molar-refractivity contribution >= 4 is 10.2 Å². The lowest BCUT2D eigenvalue weighted by Gasteiger charge is -2.28. The fourth-order valence-electron chi connectivity index (χ4n) is 2.58. The Morgan fingerprint density at radius 3 is 2.33 bits per heavy atom. The largest absolute Gasteiger partial charge is 0.497 e. The van der Waals surface area contributed by atoms with Gasteiger partial charge in [-0.25, -0.2) is 0 Å². The zero-order valence-electron chi connectivity index (χ0n) is 12.7. The molecule has 5 nitrogen and oxygen atoms in total. The van der Waals surface area contributed by atoms with E-state index in [0.29, 0.717) is 19.5 Å². The number of ether oxygens (including phenoxy) is 1. The SMILES string of the molecule is CCC(NS(=O)(=O)N1CCCCC1)c1ccc(OC)cc1. The summed E-state index contributed by atoms with van der Waals surface area (Å²) in [6.07, 6.45) is 3.71. The molecule has 21 heavy (non-hydrogen) atoms. The third-order valence-corrected chi connectivity index (χ3v) is 5.50. The predicted octanol–water partition coefficient (Wildman–Crippen LogP) is 2.47. The number of methoxy groups -OCH3 is 1. The summed E-state index contributed by atoms with van der Waals surface area (Å²) in [7, 11) is -1.79. The average molecular weight is 312 g/mol. The Kier molecular flexibility index (Phi) is 5.61. The highest BCUT2D eigenvalue weighted by atomic mass is 32.2. The number of rotatable bonds is 6. The van der Waals surface area contributed by atoms with E-state index in [1.165, 1.54) is 0 Å². The zero-order valence-corrected chi connectivity index (χ0v) is 13.5. The van der Waals surface area contributed by atoms with E-state index in [0.717, 1.165) is 30.6 Å². The van der Waals surface area contributed by atoms with Crippen LogP contribution in [-0.4, -0.2) is 32.9 Å². The lowest BCUT2D eigenvalue weighted by Crippen LogP contribution is -2.44. The van der Waals surface area contributed by atoms with Crippen LogP contribution in [0.5, 0.6) is 5.75 Å². The predicted molar refractivity (Wildman–Crippen MR) is 83.5 cm³/mol. The van der Waals surface area contributed by atoms with Crippen molar-refractivity contribution in [2.75, 3.05) is 20.2 Å². The van der Waals surface area contributed by atoms with E-state index >= 15 is 0 Å². The van der Waals surface area contributed by atoms with Crippen LogP contribution in [0, 0.1) is 0 Å². The first-order chi connectivity index (χ1) is 10.1. The van der Waals surface area contributed by atoms with Crippen molar-refractivity contribution in [3.05, 3.63) is 29.8 Å². The van der Waals surface area contributed by atoms with E-state index in [-0.39, 0.29) is 6.04 Å². The number of benzene rings is 1. The second-order valence-corrected chi connectivity index (χ2v) is 7.02. The normalized spacial score (nSPS) is 18.4. The Morgan fingerprint density at radius 1 is 1.19 bits per heavy atom. The van der Waals surface area contributed by atoms with Crippen LogP contribution < -0.4 is 9.46 Å². The first kappa shape index (κ1) is 16.3. The summed E-state index contributed by atoms with van der Waals surface area (Å²) in [6.45, 7) is 3.22. The van der Waals surface area contributed by atoms with Crippen molar-refractivity contribution in [3.63, 3.8) is 0 Å². The van der Waals surface area contributed by atoms with Gasteiger partial charge in [0.2, 0.25) is 0 Å². The van der Waals surface area contributed by atoms with Gasteiger partial charge in [-0.3, -0.25) is 0 Å². The van der Waals surface area contributed by atoms with Crippen LogP contribution in [0.15, 0.2) is 24.3 Å². The van der Waals surface area contributed by atoms with Crippen LogP contribution >= 0.6 is 0 Å². The number of nitrogens with one attached hydrogen (secondary N) is 1. The first-order valence-corrected chi connectivity index (χ1v) is 8.92. The lowest BCUT2D eigenvalue weighted by atomic mass is 10.1. The summed E-state index contributed by atoms with van der Waals surface area (Å²) in [4.78, 5) is 0. The van der Waals surface area contributed by atoms with E-state index in [1.54, 1.807) is 11.4 Å². The van der Waals surface area contributed by atoms with Gasteiger partial charge in [-0.2, -0.15) is 17.4 Å². The van der Waals surface area contributed by atoms with Crippen molar-refractivity contribution < 1.29 is 13.2 Å². The van der Waals surface area contributed by atoms with Crippen molar-refractivity contribution in [1.82, 2.24) is 9.03 Å². The van der Waals surface area contributed by atoms with Crippen LogP contribution in [-0.2, 0) is 10.2 Å². The molecule has 0 bridgehead atoms. The summed E-state index contributed by atoms with van der Waals surface area (Å²) in [5.74, 6) is 0.771. The number of hydrogen-bond donors (Lipinski definition) is 1. The van der Waals surface area contributed by atoms with Gasteiger partial charge in [-0.15, -0.1) is 0 Å². The number of piperidine rings is 1. The quantitative estimate of drug-likeness (QED) is 0.878. The molecule has 1 N–H and O–H groups in total. The Hall–Kier alpha value is -1.11. The van der Waals surface area contributed by atoms with Crippen molar-refractivity contribution in [2.45, 2.75) is 38.6 Å². The highest BCUT2D eigenvalue weighted by molar-refractivity contribution is 7.87. The van der Waals surface area contributed by atoms with E-state index in [4.69, 9.17) is 4.74 Å². The number of nitrogens with zero attached hydrogens (tertiary/aromatic N) is 1. The van der Waals surface area contributed by atoms with Gasteiger partial charge < -0.3 is 4.74 Å². The molecule has 0 saturated carbocycles. The minimum absolute atomic E-state index is 0.206. The summed E-state index contributed by atoms with van der Waals surface area (Å²) in [5.41, 5.74) is 0.957. The van der Waals surface area contributed by atoms with Crippen molar-refractivity contribution in [3.8, 4) is 5.75 Å². The molecule has 0 aliphatic carbocycles. The van der Waals surface area contributed by atoms with Crippen molar-refractivity contribution in [1.29, 1.82) is 0 Å². The molecule has 0 aromatic heterocycles. The molecular weight excluding hydrogens is 288 g/mol. The van der Waals surface area contributed by atoms with Gasteiger partial charge in [0, 0.05) is 19.1 Å². The van der Waals surface area contributed by atoms with Gasteiger partial charge in [0.15, 0.2) is 0 Å². The fourth-order valence-corrected chi connectivity index (χ4v) is 4.13. The molecular formula is C15H24N2O3S. The molecule has 1 unspecified atom stereocenters. The van der Waals surface area contributed by atoms with E-state index < -0.39 is 10.2 Å². The molecule has 118 valence electrons. The van der Waals surface area contributed by atoms with E-state index in [9.17, 15) is 8.42 Å². The van der Waals surface area contributed by atoms with E-state index in [1.807, 2.05) is 31.2 Å². The standard InChI is InChI=1S/C15H24N2O3S/c1-3-15(13-7-9-14(20-2)10-8-13)16-21(18,19)17-11-5-4-6-12-17/h7-10,15-16H,3-6,11-12H2,1-2H3. The van der Waals surface area contributed by atoms with Crippen LogP contribution in [0.1, 0.15) is 44.2 Å². The maximum Gasteiger partial charge on any atom is 0.280 e. The van der Waals surface area contributed by atoms with Gasteiger partial charge in [0.25, 0.3) is 10.2 Å². The minimum Gasteiger partial charge on any atom is -0.497 e. The van der Waals surface area contributed by atoms with Gasteiger partial charge in [-0.05, 0) is 37.0 Å². The monoisotopic (exact) mass is 312 g/mol. The topological polar surface area (TPSA) is 58.6 Å². The molecule has 6 heteroatoms. The molecule has 1 atom stereocenters. The molecule has 0 spiro atoms. The Bertz CT molecular complexity index is 537. The average Bonchev–Trinajstić information content (AvgIpc) is 2.53. The summed E-state index contributed by atoms with van der Waals surface area (Å²) < 4.78 is 34.4. The third-order valence-electron chi connectivity index (χ3n) is 3.87. The fraction of sp³-hybridized carbons (Fsp3) is 0.600. The molecule has 1 saturated heterocycles. The Morgan fingerprint density at radius 2 is 1.81 bits per heavy atom. The molecule has 0 radical (unpaired) electrons. The van der Waals surface area contributed by atoms with Crippen LogP contribution in [0.25, 0.3) is 0 Å². The van der Waals surface area contributed by atoms with Gasteiger partial charge >= 0.3 is 0 Å².